The number of pyridine rings is 1. The van der Waals surface area contributed by atoms with Gasteiger partial charge in [-0.25, -0.2) is 0 Å². The Hall–Kier alpha value is -4.76. The van der Waals surface area contributed by atoms with Gasteiger partial charge in [0.1, 0.15) is 30.0 Å². The zero-order chi connectivity index (χ0) is 32.4. The van der Waals surface area contributed by atoms with Crippen molar-refractivity contribution in [2.45, 2.75) is 38.0 Å². The molecule has 5 aromatic rings. The molecule has 0 bridgehead atoms. The Labute approximate surface area is 275 Å². The smallest absolute Gasteiger partial charge is 0.253 e. The van der Waals surface area contributed by atoms with Gasteiger partial charge < -0.3 is 24.6 Å². The molecule has 0 spiro atoms. The highest BCUT2D eigenvalue weighted by Gasteiger charge is 2.23. The fourth-order valence-corrected chi connectivity index (χ4v) is 6.04. The van der Waals surface area contributed by atoms with Gasteiger partial charge in [-0.15, -0.1) is 0 Å². The van der Waals surface area contributed by atoms with Crippen molar-refractivity contribution < 1.29 is 24.5 Å². The lowest BCUT2D eigenvalue weighted by atomic mass is 10.0. The molecular weight excluding hydrogens is 590 g/mol. The maximum absolute atomic E-state index is 12.9. The number of carbonyl (C=O) groups excluding carboxylic acids is 1. The Morgan fingerprint density at radius 1 is 0.851 bits per heavy atom. The van der Waals surface area contributed by atoms with Crippen LogP contribution in [0, 0.1) is 0 Å². The number of hydrogen-bond acceptors (Lipinski definition) is 7. The summed E-state index contributed by atoms with van der Waals surface area (Å²) in [4.78, 5) is 21.4. The lowest BCUT2D eigenvalue weighted by Gasteiger charge is -2.32. The first kappa shape index (κ1) is 32.2. The summed E-state index contributed by atoms with van der Waals surface area (Å²) >= 11 is 0. The Kier molecular flexibility index (Phi) is 10.7. The van der Waals surface area contributed by atoms with E-state index in [4.69, 9.17) is 9.47 Å². The summed E-state index contributed by atoms with van der Waals surface area (Å²) in [6, 6.07) is 34.6. The van der Waals surface area contributed by atoms with Crippen molar-refractivity contribution in [1.29, 1.82) is 0 Å². The lowest BCUT2D eigenvalue weighted by molar-refractivity contribution is 0.0335. The average molecular weight is 632 g/mol. The van der Waals surface area contributed by atoms with Gasteiger partial charge in [0.25, 0.3) is 5.91 Å². The minimum Gasteiger partial charge on any atom is -0.491 e. The predicted molar refractivity (Wildman–Crippen MR) is 183 cm³/mol. The fraction of sp³-hybridized carbons (Fsp3) is 0.282. The SMILES string of the molecule is O=C(c1ccc2c(Oc3ccc(C[C@@H](CO)N(Cc4ccccc4)C[C@H](O)COc4ccccc4)cc3)ccnc2c1)N1CCCC1. The Bertz CT molecular complexity index is 1730. The van der Waals surface area contributed by atoms with E-state index in [9.17, 15) is 15.0 Å². The van der Waals surface area contributed by atoms with E-state index in [1.807, 2.05) is 102 Å². The van der Waals surface area contributed by atoms with E-state index in [1.165, 1.54) is 0 Å². The summed E-state index contributed by atoms with van der Waals surface area (Å²) in [5.41, 5.74) is 3.49. The standard InChI is InChI=1S/C39H41N3O5/c43-27-32(42(25-30-9-3-1-4-10-30)26-33(44)28-46-34-11-5-2-6-12-34)23-29-13-16-35(17-14-29)47-38-19-20-40-37-24-31(15-18-36(37)38)39(45)41-21-7-8-22-41/h1-6,9-20,24,32-33,43-44H,7-8,21-23,25-28H2/t32-,33-/m0/s1. The number of rotatable bonds is 14. The zero-order valence-electron chi connectivity index (χ0n) is 26.4. The van der Waals surface area contributed by atoms with Gasteiger partial charge in [-0.1, -0.05) is 60.7 Å². The van der Waals surface area contributed by atoms with Crippen molar-refractivity contribution in [3.05, 3.63) is 132 Å². The van der Waals surface area contributed by atoms with Gasteiger partial charge in [-0.2, -0.15) is 0 Å². The third-order valence-corrected chi connectivity index (χ3v) is 8.55. The number of ether oxygens (including phenoxy) is 2. The maximum Gasteiger partial charge on any atom is 0.253 e. The molecule has 0 unspecified atom stereocenters. The highest BCUT2D eigenvalue weighted by molar-refractivity contribution is 5.99. The molecule has 1 fully saturated rings. The van der Waals surface area contributed by atoms with Gasteiger partial charge in [0, 0.05) is 49.4 Å². The van der Waals surface area contributed by atoms with Crippen LogP contribution in [-0.4, -0.2) is 75.9 Å². The second kappa shape index (κ2) is 15.7. The van der Waals surface area contributed by atoms with E-state index in [0.717, 1.165) is 42.4 Å². The van der Waals surface area contributed by atoms with E-state index in [0.29, 0.717) is 47.8 Å². The average Bonchev–Trinajstić information content (AvgIpc) is 3.66. The number of aromatic nitrogens is 1. The second-order valence-electron chi connectivity index (χ2n) is 12.0. The van der Waals surface area contributed by atoms with E-state index in [2.05, 4.69) is 22.0 Å². The molecule has 1 aromatic heterocycles. The molecule has 2 N–H and O–H groups in total. The minimum absolute atomic E-state index is 0.0478. The van der Waals surface area contributed by atoms with Crippen LogP contribution in [0.4, 0.5) is 0 Å². The number of carbonyl (C=O) groups is 1. The molecule has 1 saturated heterocycles. The quantitative estimate of drug-likeness (QED) is 0.153. The van der Waals surface area contributed by atoms with Crippen LogP contribution in [0.5, 0.6) is 17.2 Å². The van der Waals surface area contributed by atoms with Crippen molar-refractivity contribution >= 4 is 16.8 Å². The van der Waals surface area contributed by atoms with E-state index < -0.39 is 6.10 Å². The molecule has 1 amide bonds. The van der Waals surface area contributed by atoms with Crippen LogP contribution in [0.25, 0.3) is 10.9 Å². The number of likely N-dealkylation sites (tertiary alicyclic amines) is 1. The zero-order valence-corrected chi connectivity index (χ0v) is 26.4. The first-order chi connectivity index (χ1) is 23.1. The predicted octanol–water partition coefficient (Wildman–Crippen LogP) is 6.11. The number of nitrogens with zero attached hydrogens (tertiary/aromatic N) is 3. The molecule has 6 rings (SSSR count). The molecule has 0 aliphatic carbocycles. The normalized spacial score (nSPS) is 14.3. The monoisotopic (exact) mass is 631 g/mol. The first-order valence-electron chi connectivity index (χ1n) is 16.3. The fourth-order valence-electron chi connectivity index (χ4n) is 6.04. The van der Waals surface area contributed by atoms with Gasteiger partial charge in [0.05, 0.1) is 12.1 Å². The van der Waals surface area contributed by atoms with Crippen LogP contribution < -0.4 is 9.47 Å². The Morgan fingerprint density at radius 3 is 2.30 bits per heavy atom. The molecule has 0 radical (unpaired) electrons. The van der Waals surface area contributed by atoms with Crippen molar-refractivity contribution in [3.8, 4) is 17.2 Å². The van der Waals surface area contributed by atoms with Gasteiger partial charge >= 0.3 is 0 Å². The lowest BCUT2D eigenvalue weighted by Crippen LogP contribution is -2.44. The third-order valence-electron chi connectivity index (χ3n) is 8.55. The molecule has 8 heteroatoms. The molecule has 47 heavy (non-hydrogen) atoms. The molecule has 242 valence electrons. The molecule has 1 aliphatic heterocycles. The molecule has 2 heterocycles. The number of fused-ring (bicyclic) bond motifs is 1. The first-order valence-corrected chi connectivity index (χ1v) is 16.3. The Morgan fingerprint density at radius 2 is 1.57 bits per heavy atom. The largest absolute Gasteiger partial charge is 0.491 e. The van der Waals surface area contributed by atoms with Crippen LogP contribution in [-0.2, 0) is 13.0 Å². The van der Waals surface area contributed by atoms with Crippen LogP contribution in [0.1, 0.15) is 34.3 Å². The minimum atomic E-state index is -0.742. The summed E-state index contributed by atoms with van der Waals surface area (Å²) in [5.74, 6) is 2.09. The van der Waals surface area contributed by atoms with E-state index >= 15 is 0 Å². The van der Waals surface area contributed by atoms with Crippen molar-refractivity contribution in [2.75, 3.05) is 32.8 Å². The second-order valence-corrected chi connectivity index (χ2v) is 12.0. The van der Waals surface area contributed by atoms with Crippen LogP contribution >= 0.6 is 0 Å². The summed E-state index contributed by atoms with van der Waals surface area (Å²) in [7, 11) is 0. The van der Waals surface area contributed by atoms with Crippen molar-refractivity contribution in [1.82, 2.24) is 14.8 Å². The van der Waals surface area contributed by atoms with Crippen molar-refractivity contribution in [2.24, 2.45) is 0 Å². The van der Waals surface area contributed by atoms with E-state index in [-0.39, 0.29) is 25.2 Å². The number of aliphatic hydroxyl groups excluding tert-OH is 2. The topological polar surface area (TPSA) is 95.4 Å². The molecule has 1 aliphatic rings. The summed E-state index contributed by atoms with van der Waals surface area (Å²) < 4.78 is 12.1. The number of hydrogen-bond donors (Lipinski definition) is 2. The van der Waals surface area contributed by atoms with Gasteiger partial charge in [-0.05, 0) is 78.9 Å². The number of para-hydroxylation sites is 1. The number of amides is 1. The van der Waals surface area contributed by atoms with Gasteiger partial charge in [0.15, 0.2) is 0 Å². The third kappa shape index (κ3) is 8.54. The number of benzene rings is 4. The summed E-state index contributed by atoms with van der Waals surface area (Å²) in [6.45, 7) is 2.62. The molecule has 8 nitrogen and oxygen atoms in total. The summed E-state index contributed by atoms with van der Waals surface area (Å²) in [5, 5.41) is 22.3. The molecule has 0 saturated carbocycles. The van der Waals surface area contributed by atoms with Crippen LogP contribution in [0.2, 0.25) is 0 Å². The molecule has 4 aromatic carbocycles. The van der Waals surface area contributed by atoms with Crippen LogP contribution in [0.15, 0.2) is 115 Å². The highest BCUT2D eigenvalue weighted by Crippen LogP contribution is 2.30. The Balaban J connectivity index is 1.12. The number of aliphatic hydroxyl groups is 2. The van der Waals surface area contributed by atoms with Crippen LogP contribution in [0.3, 0.4) is 0 Å². The molecule has 2 atom stereocenters. The maximum atomic E-state index is 12.9. The highest BCUT2D eigenvalue weighted by atomic mass is 16.5. The van der Waals surface area contributed by atoms with Crippen molar-refractivity contribution in [3.63, 3.8) is 0 Å². The van der Waals surface area contributed by atoms with Gasteiger partial charge in [0.2, 0.25) is 0 Å². The molecular formula is C39H41N3O5. The van der Waals surface area contributed by atoms with E-state index in [1.54, 1.807) is 6.20 Å². The summed E-state index contributed by atoms with van der Waals surface area (Å²) in [6.07, 6.45) is 3.64. The van der Waals surface area contributed by atoms with Gasteiger partial charge in [-0.3, -0.25) is 14.7 Å².